The molecule has 1 unspecified atom stereocenters. The van der Waals surface area contributed by atoms with Crippen molar-refractivity contribution < 1.29 is 4.74 Å². The van der Waals surface area contributed by atoms with E-state index in [1.54, 1.807) is 0 Å². The number of nitriles is 1. The van der Waals surface area contributed by atoms with Gasteiger partial charge in [0.05, 0.1) is 12.7 Å². The number of hydrogen-bond donors (Lipinski definition) is 0. The number of hydrogen-bond acceptors (Lipinski definition) is 3. The summed E-state index contributed by atoms with van der Waals surface area (Å²) < 4.78 is 5.37. The fourth-order valence-corrected chi connectivity index (χ4v) is 2.12. The minimum atomic E-state index is 0.671. The van der Waals surface area contributed by atoms with Gasteiger partial charge in [-0.2, -0.15) is 5.26 Å². The van der Waals surface area contributed by atoms with Gasteiger partial charge in [0.2, 0.25) is 0 Å². The quantitative estimate of drug-likeness (QED) is 0.663. The van der Waals surface area contributed by atoms with Gasteiger partial charge >= 0.3 is 0 Å². The molecule has 3 nitrogen and oxygen atoms in total. The van der Waals surface area contributed by atoms with Gasteiger partial charge < -0.3 is 4.74 Å². The molecule has 2 aliphatic rings. The lowest BCUT2D eigenvalue weighted by Gasteiger charge is -2.23. The zero-order valence-corrected chi connectivity index (χ0v) is 8.61. The summed E-state index contributed by atoms with van der Waals surface area (Å²) in [5.74, 6) is 0.717. The van der Waals surface area contributed by atoms with Crippen LogP contribution in [-0.4, -0.2) is 37.2 Å². The largest absolute Gasteiger partial charge is 0.381 e. The highest BCUT2D eigenvalue weighted by Gasteiger charge is 2.30. The summed E-state index contributed by atoms with van der Waals surface area (Å²) in [6.45, 7) is 3.96. The van der Waals surface area contributed by atoms with Crippen molar-refractivity contribution in [2.75, 3.05) is 26.3 Å². The molecule has 1 atom stereocenters. The fraction of sp³-hybridized carbons (Fsp3) is 0.909. The Hall–Kier alpha value is -0.590. The van der Waals surface area contributed by atoms with Crippen molar-refractivity contribution in [1.82, 2.24) is 4.90 Å². The molecule has 0 spiro atoms. The maximum absolute atomic E-state index is 8.58. The predicted molar refractivity (Wildman–Crippen MR) is 53.8 cm³/mol. The lowest BCUT2D eigenvalue weighted by Crippen LogP contribution is -2.32. The summed E-state index contributed by atoms with van der Waals surface area (Å²) in [6.07, 6.45) is 4.54. The van der Waals surface area contributed by atoms with Crippen LogP contribution in [0.4, 0.5) is 0 Å². The van der Waals surface area contributed by atoms with Crippen molar-refractivity contribution in [3.63, 3.8) is 0 Å². The molecule has 0 aromatic rings. The molecule has 3 heteroatoms. The van der Waals surface area contributed by atoms with Crippen LogP contribution in [0.25, 0.3) is 0 Å². The van der Waals surface area contributed by atoms with Crippen LogP contribution in [0.15, 0.2) is 0 Å². The van der Waals surface area contributed by atoms with Gasteiger partial charge in [-0.3, -0.25) is 4.90 Å². The van der Waals surface area contributed by atoms with Crippen molar-refractivity contribution in [3.8, 4) is 6.07 Å². The Morgan fingerprint density at radius 3 is 2.79 bits per heavy atom. The predicted octanol–water partition coefficient (Wildman–Crippen LogP) is 1.40. The fourth-order valence-electron chi connectivity index (χ4n) is 2.12. The molecule has 1 aliphatic heterocycles. The van der Waals surface area contributed by atoms with Gasteiger partial charge in [-0.05, 0) is 25.2 Å². The molecular formula is C11H18N2O. The zero-order valence-electron chi connectivity index (χ0n) is 8.61. The summed E-state index contributed by atoms with van der Waals surface area (Å²) in [4.78, 5) is 2.49. The molecule has 2 fully saturated rings. The molecule has 1 aliphatic carbocycles. The monoisotopic (exact) mass is 194 g/mol. The number of ether oxygens (including phenoxy) is 1. The second-order valence-corrected chi connectivity index (χ2v) is 4.36. The Kier molecular flexibility index (Phi) is 3.39. The molecule has 1 saturated carbocycles. The van der Waals surface area contributed by atoms with Crippen LogP contribution in [0.1, 0.15) is 25.7 Å². The first kappa shape index (κ1) is 9.95. The zero-order chi connectivity index (χ0) is 9.80. The highest BCUT2D eigenvalue weighted by atomic mass is 16.5. The van der Waals surface area contributed by atoms with Crippen LogP contribution < -0.4 is 0 Å². The number of rotatable bonds is 5. The normalized spacial score (nSPS) is 26.7. The standard InChI is InChI=1S/C11H18N2O/c12-5-1-6-13(11-2-3-11)8-10-4-7-14-9-10/h10-11H,1-4,6-9H2. The lowest BCUT2D eigenvalue weighted by atomic mass is 10.1. The van der Waals surface area contributed by atoms with Gasteiger partial charge in [-0.15, -0.1) is 0 Å². The van der Waals surface area contributed by atoms with Crippen LogP contribution in [0.5, 0.6) is 0 Å². The minimum Gasteiger partial charge on any atom is -0.381 e. The minimum absolute atomic E-state index is 0.671. The highest BCUT2D eigenvalue weighted by molar-refractivity contribution is 4.87. The highest BCUT2D eigenvalue weighted by Crippen LogP contribution is 2.28. The summed E-state index contributed by atoms with van der Waals surface area (Å²) in [6, 6.07) is 3.01. The Bertz CT molecular complexity index is 214. The molecule has 1 saturated heterocycles. The summed E-state index contributed by atoms with van der Waals surface area (Å²) >= 11 is 0. The third-order valence-electron chi connectivity index (χ3n) is 3.09. The van der Waals surface area contributed by atoms with Crippen LogP contribution >= 0.6 is 0 Å². The van der Waals surface area contributed by atoms with Crippen LogP contribution in [0, 0.1) is 17.2 Å². The van der Waals surface area contributed by atoms with Gasteiger partial charge in [-0.25, -0.2) is 0 Å². The van der Waals surface area contributed by atoms with Crippen LogP contribution in [0.2, 0.25) is 0 Å². The third-order valence-corrected chi connectivity index (χ3v) is 3.09. The maximum atomic E-state index is 8.58. The average molecular weight is 194 g/mol. The van der Waals surface area contributed by atoms with E-state index in [4.69, 9.17) is 10.00 Å². The van der Waals surface area contributed by atoms with Gasteiger partial charge in [-0.1, -0.05) is 0 Å². The van der Waals surface area contributed by atoms with E-state index >= 15 is 0 Å². The van der Waals surface area contributed by atoms with Gasteiger partial charge in [0, 0.05) is 32.2 Å². The molecule has 0 aromatic heterocycles. The molecule has 0 N–H and O–H groups in total. The SMILES string of the molecule is N#CCCN(CC1CCOC1)C1CC1. The first-order valence-corrected chi connectivity index (χ1v) is 5.59. The Balaban J connectivity index is 1.75. The van der Waals surface area contributed by atoms with Crippen molar-refractivity contribution in [3.05, 3.63) is 0 Å². The molecule has 0 radical (unpaired) electrons. The Morgan fingerprint density at radius 2 is 2.21 bits per heavy atom. The van der Waals surface area contributed by atoms with E-state index in [0.717, 1.165) is 32.3 Å². The van der Waals surface area contributed by atoms with Gasteiger partial charge in [0.15, 0.2) is 0 Å². The van der Waals surface area contributed by atoms with E-state index < -0.39 is 0 Å². The van der Waals surface area contributed by atoms with E-state index in [0.29, 0.717) is 12.3 Å². The van der Waals surface area contributed by atoms with Crippen LogP contribution in [0.3, 0.4) is 0 Å². The van der Waals surface area contributed by atoms with Gasteiger partial charge in [0.1, 0.15) is 0 Å². The Labute approximate surface area is 85.6 Å². The van der Waals surface area contributed by atoms with Crippen molar-refractivity contribution >= 4 is 0 Å². The summed E-state index contributed by atoms with van der Waals surface area (Å²) in [5.41, 5.74) is 0. The molecule has 0 aromatic carbocycles. The second kappa shape index (κ2) is 4.77. The molecule has 1 heterocycles. The average Bonchev–Trinajstić information content (AvgIpc) is 2.92. The Morgan fingerprint density at radius 1 is 1.36 bits per heavy atom. The smallest absolute Gasteiger partial charge is 0.0635 e. The van der Waals surface area contributed by atoms with Gasteiger partial charge in [0.25, 0.3) is 0 Å². The lowest BCUT2D eigenvalue weighted by molar-refractivity contribution is 0.165. The van der Waals surface area contributed by atoms with E-state index in [1.807, 2.05) is 0 Å². The number of nitrogens with zero attached hydrogens (tertiary/aromatic N) is 2. The third kappa shape index (κ3) is 2.70. The second-order valence-electron chi connectivity index (χ2n) is 4.36. The molecule has 0 bridgehead atoms. The first-order chi connectivity index (χ1) is 6.90. The molecule has 2 rings (SSSR count). The van der Waals surface area contributed by atoms with E-state index in [2.05, 4.69) is 11.0 Å². The van der Waals surface area contributed by atoms with Crippen LogP contribution in [-0.2, 0) is 4.74 Å². The van der Waals surface area contributed by atoms with E-state index in [1.165, 1.54) is 19.3 Å². The van der Waals surface area contributed by atoms with Crippen molar-refractivity contribution in [2.24, 2.45) is 5.92 Å². The van der Waals surface area contributed by atoms with Crippen molar-refractivity contribution in [1.29, 1.82) is 5.26 Å². The maximum Gasteiger partial charge on any atom is 0.0635 e. The van der Waals surface area contributed by atoms with E-state index in [-0.39, 0.29) is 0 Å². The molecular weight excluding hydrogens is 176 g/mol. The molecule has 78 valence electrons. The van der Waals surface area contributed by atoms with Crippen molar-refractivity contribution in [2.45, 2.75) is 31.7 Å². The summed E-state index contributed by atoms with van der Waals surface area (Å²) in [5, 5.41) is 8.58. The molecule has 14 heavy (non-hydrogen) atoms. The topological polar surface area (TPSA) is 36.3 Å². The summed E-state index contributed by atoms with van der Waals surface area (Å²) in [7, 11) is 0. The molecule has 0 amide bonds. The van der Waals surface area contributed by atoms with E-state index in [9.17, 15) is 0 Å². The first-order valence-electron chi connectivity index (χ1n) is 5.59.